The molecule has 1 fully saturated rings. The topological polar surface area (TPSA) is 46.5 Å². The Bertz CT molecular complexity index is 200. The molecule has 0 aliphatic heterocycles. The maximum atomic E-state index is 11.4. The van der Waals surface area contributed by atoms with Crippen molar-refractivity contribution < 1.29 is 14.6 Å². The largest absolute Gasteiger partial charge is 0.466 e. The van der Waals surface area contributed by atoms with Crippen LogP contribution in [0.2, 0.25) is 0 Å². The van der Waals surface area contributed by atoms with E-state index in [1.54, 1.807) is 13.0 Å². The van der Waals surface area contributed by atoms with Crippen molar-refractivity contribution >= 4 is 5.97 Å². The highest BCUT2D eigenvalue weighted by atomic mass is 16.5. The summed E-state index contributed by atoms with van der Waals surface area (Å²) in [7, 11) is 0. The Kier molecular flexibility index (Phi) is 3.48. The number of hydrogen-bond acceptors (Lipinski definition) is 3. The van der Waals surface area contributed by atoms with Crippen molar-refractivity contribution in [2.75, 3.05) is 6.61 Å². The van der Waals surface area contributed by atoms with Crippen LogP contribution in [0.1, 0.15) is 19.8 Å². The number of ether oxygens (including phenoxy) is 1. The Morgan fingerprint density at radius 2 is 2.38 bits per heavy atom. The van der Waals surface area contributed by atoms with Gasteiger partial charge in [0.15, 0.2) is 0 Å². The van der Waals surface area contributed by atoms with Gasteiger partial charge in [-0.1, -0.05) is 6.08 Å². The normalized spacial score (nSPS) is 32.9. The molecule has 0 bridgehead atoms. The Labute approximate surface area is 78.4 Å². The third-order valence-electron chi connectivity index (χ3n) is 2.53. The van der Waals surface area contributed by atoms with E-state index in [1.165, 1.54) is 0 Å². The Balaban J connectivity index is 2.63. The highest BCUT2D eigenvalue weighted by Gasteiger charge is 2.39. The molecule has 1 aliphatic rings. The summed E-state index contributed by atoms with van der Waals surface area (Å²) in [6.45, 7) is 5.78. The van der Waals surface area contributed by atoms with Crippen molar-refractivity contribution in [2.24, 2.45) is 11.8 Å². The quantitative estimate of drug-likeness (QED) is 0.528. The molecule has 3 heteroatoms. The number of aliphatic hydroxyl groups excluding tert-OH is 1. The van der Waals surface area contributed by atoms with Crippen LogP contribution in [0.15, 0.2) is 12.7 Å². The summed E-state index contributed by atoms with van der Waals surface area (Å²) in [5.74, 6) is -0.607. The summed E-state index contributed by atoms with van der Waals surface area (Å²) in [6.07, 6.45) is 2.67. The van der Waals surface area contributed by atoms with Gasteiger partial charge in [0.1, 0.15) is 0 Å². The van der Waals surface area contributed by atoms with Gasteiger partial charge in [-0.05, 0) is 25.7 Å². The molecule has 0 spiro atoms. The average molecular weight is 184 g/mol. The maximum absolute atomic E-state index is 11.4. The summed E-state index contributed by atoms with van der Waals surface area (Å²) in [6, 6.07) is 0. The second-order valence-electron chi connectivity index (χ2n) is 3.32. The molecule has 0 heterocycles. The van der Waals surface area contributed by atoms with Gasteiger partial charge in [0, 0.05) is 0 Å². The first kappa shape index (κ1) is 10.3. The van der Waals surface area contributed by atoms with E-state index < -0.39 is 12.0 Å². The Morgan fingerprint density at radius 3 is 2.92 bits per heavy atom. The van der Waals surface area contributed by atoms with Gasteiger partial charge in [-0.25, -0.2) is 0 Å². The van der Waals surface area contributed by atoms with Crippen LogP contribution in [-0.2, 0) is 9.53 Å². The third-order valence-corrected chi connectivity index (χ3v) is 2.53. The van der Waals surface area contributed by atoms with E-state index in [9.17, 15) is 9.90 Å². The van der Waals surface area contributed by atoms with E-state index >= 15 is 0 Å². The first-order valence-electron chi connectivity index (χ1n) is 4.68. The molecule has 3 nitrogen and oxygen atoms in total. The van der Waals surface area contributed by atoms with E-state index in [4.69, 9.17) is 4.74 Å². The molecule has 0 aromatic carbocycles. The van der Waals surface area contributed by atoms with E-state index in [-0.39, 0.29) is 11.9 Å². The summed E-state index contributed by atoms with van der Waals surface area (Å²) in [5, 5.41) is 9.54. The zero-order chi connectivity index (χ0) is 9.84. The molecule has 0 aromatic rings. The van der Waals surface area contributed by atoms with Gasteiger partial charge in [-0.3, -0.25) is 4.79 Å². The molecule has 0 saturated heterocycles. The van der Waals surface area contributed by atoms with Crippen molar-refractivity contribution in [3.8, 4) is 0 Å². The van der Waals surface area contributed by atoms with Gasteiger partial charge < -0.3 is 9.84 Å². The van der Waals surface area contributed by atoms with E-state index in [0.29, 0.717) is 13.0 Å². The predicted octanol–water partition coefficient (Wildman–Crippen LogP) is 1.12. The SMILES string of the molecule is C=CC1CCC(O)C1C(=O)OCC. The molecule has 0 amide bonds. The third kappa shape index (κ3) is 2.10. The molecule has 1 saturated carbocycles. The number of aliphatic hydroxyl groups is 1. The lowest BCUT2D eigenvalue weighted by Crippen LogP contribution is -2.29. The van der Waals surface area contributed by atoms with Crippen LogP contribution in [0.3, 0.4) is 0 Å². The van der Waals surface area contributed by atoms with Crippen molar-refractivity contribution in [1.29, 1.82) is 0 Å². The van der Waals surface area contributed by atoms with Gasteiger partial charge in [-0.15, -0.1) is 6.58 Å². The predicted molar refractivity (Wildman–Crippen MR) is 49.1 cm³/mol. The van der Waals surface area contributed by atoms with Crippen molar-refractivity contribution in [1.82, 2.24) is 0 Å². The molecule has 1 N–H and O–H groups in total. The second-order valence-corrected chi connectivity index (χ2v) is 3.32. The average Bonchev–Trinajstić information content (AvgIpc) is 2.47. The summed E-state index contributed by atoms with van der Waals surface area (Å²) in [5.41, 5.74) is 0. The fourth-order valence-corrected chi connectivity index (χ4v) is 1.84. The zero-order valence-corrected chi connectivity index (χ0v) is 7.90. The lowest BCUT2D eigenvalue weighted by atomic mass is 9.95. The first-order chi connectivity index (χ1) is 6.20. The Hall–Kier alpha value is -0.830. The number of carbonyl (C=O) groups excluding carboxylic acids is 1. The van der Waals surface area contributed by atoms with Gasteiger partial charge in [-0.2, -0.15) is 0 Å². The highest BCUT2D eigenvalue weighted by Crippen LogP contribution is 2.33. The van der Waals surface area contributed by atoms with E-state index in [0.717, 1.165) is 6.42 Å². The minimum atomic E-state index is -0.554. The molecule has 1 rings (SSSR count). The smallest absolute Gasteiger partial charge is 0.312 e. The molecule has 0 aromatic heterocycles. The lowest BCUT2D eigenvalue weighted by molar-refractivity contribution is -0.152. The lowest BCUT2D eigenvalue weighted by Gasteiger charge is -2.17. The highest BCUT2D eigenvalue weighted by molar-refractivity contribution is 5.74. The van der Waals surface area contributed by atoms with Crippen molar-refractivity contribution in [3.63, 3.8) is 0 Å². The molecular weight excluding hydrogens is 168 g/mol. The van der Waals surface area contributed by atoms with Crippen molar-refractivity contribution in [2.45, 2.75) is 25.9 Å². The number of hydrogen-bond donors (Lipinski definition) is 1. The van der Waals surface area contributed by atoms with Crippen LogP contribution >= 0.6 is 0 Å². The number of rotatable bonds is 3. The molecule has 13 heavy (non-hydrogen) atoms. The van der Waals surface area contributed by atoms with Crippen LogP contribution in [0.4, 0.5) is 0 Å². The number of esters is 1. The van der Waals surface area contributed by atoms with Crippen LogP contribution in [0.25, 0.3) is 0 Å². The van der Waals surface area contributed by atoms with Crippen molar-refractivity contribution in [3.05, 3.63) is 12.7 Å². The Morgan fingerprint density at radius 1 is 1.69 bits per heavy atom. The molecule has 3 atom stereocenters. The molecule has 1 aliphatic carbocycles. The van der Waals surface area contributed by atoms with Crippen LogP contribution < -0.4 is 0 Å². The van der Waals surface area contributed by atoms with E-state index in [2.05, 4.69) is 6.58 Å². The van der Waals surface area contributed by atoms with Crippen LogP contribution in [0.5, 0.6) is 0 Å². The van der Waals surface area contributed by atoms with Crippen LogP contribution in [0, 0.1) is 11.8 Å². The minimum Gasteiger partial charge on any atom is -0.466 e. The summed E-state index contributed by atoms with van der Waals surface area (Å²) in [4.78, 5) is 11.4. The minimum absolute atomic E-state index is 0.0778. The molecule has 3 unspecified atom stereocenters. The number of carbonyl (C=O) groups is 1. The second kappa shape index (κ2) is 4.42. The standard InChI is InChI=1S/C10H16O3/c1-3-7-5-6-8(11)9(7)10(12)13-4-2/h3,7-9,11H,1,4-6H2,2H3. The first-order valence-corrected chi connectivity index (χ1v) is 4.68. The van der Waals surface area contributed by atoms with Gasteiger partial charge in [0.05, 0.1) is 18.6 Å². The monoisotopic (exact) mass is 184 g/mol. The fourth-order valence-electron chi connectivity index (χ4n) is 1.84. The summed E-state index contributed by atoms with van der Waals surface area (Å²) >= 11 is 0. The van der Waals surface area contributed by atoms with Gasteiger partial charge in [0.25, 0.3) is 0 Å². The van der Waals surface area contributed by atoms with Crippen LogP contribution in [-0.4, -0.2) is 23.8 Å². The zero-order valence-electron chi connectivity index (χ0n) is 7.90. The maximum Gasteiger partial charge on any atom is 0.312 e. The fraction of sp³-hybridized carbons (Fsp3) is 0.700. The van der Waals surface area contributed by atoms with E-state index in [1.807, 2.05) is 0 Å². The molecule has 0 radical (unpaired) electrons. The number of allylic oxidation sites excluding steroid dienone is 1. The molecular formula is C10H16O3. The van der Waals surface area contributed by atoms with Gasteiger partial charge >= 0.3 is 5.97 Å². The summed E-state index contributed by atoms with van der Waals surface area (Å²) < 4.78 is 4.88. The van der Waals surface area contributed by atoms with Gasteiger partial charge in [0.2, 0.25) is 0 Å². The molecule has 74 valence electrons.